The fraction of sp³-hybridized carbons (Fsp3) is 0.259. The minimum absolute atomic E-state index is 0.159. The van der Waals surface area contributed by atoms with Crippen LogP contribution in [0.2, 0.25) is 0 Å². The zero-order valence-electron chi connectivity index (χ0n) is 19.5. The van der Waals surface area contributed by atoms with E-state index in [4.69, 9.17) is 9.47 Å². The van der Waals surface area contributed by atoms with E-state index in [0.29, 0.717) is 41.7 Å². The summed E-state index contributed by atoms with van der Waals surface area (Å²) in [7, 11) is 0. The van der Waals surface area contributed by atoms with Crippen molar-refractivity contribution in [3.63, 3.8) is 0 Å². The summed E-state index contributed by atoms with van der Waals surface area (Å²) in [4.78, 5) is 25.5. The number of amides is 2. The van der Waals surface area contributed by atoms with Crippen LogP contribution in [0.3, 0.4) is 0 Å². The smallest absolute Gasteiger partial charge is 0.255 e. The van der Waals surface area contributed by atoms with Gasteiger partial charge < -0.3 is 20.1 Å². The Hall–Kier alpha value is -3.80. The summed E-state index contributed by atoms with van der Waals surface area (Å²) in [6, 6.07) is 18.4. The Labute approximate surface area is 194 Å². The third-order valence-electron chi connectivity index (χ3n) is 5.10. The molecule has 0 fully saturated rings. The Morgan fingerprint density at radius 1 is 0.788 bits per heavy atom. The Bertz CT molecular complexity index is 1130. The third-order valence-corrected chi connectivity index (χ3v) is 5.10. The molecule has 0 saturated heterocycles. The molecule has 0 spiro atoms. The molecular weight excluding hydrogens is 416 g/mol. The van der Waals surface area contributed by atoms with Gasteiger partial charge in [0.2, 0.25) is 5.91 Å². The summed E-state index contributed by atoms with van der Waals surface area (Å²) in [6.07, 6.45) is 0.246. The summed E-state index contributed by atoms with van der Waals surface area (Å²) in [5.74, 6) is 0.491. The van der Waals surface area contributed by atoms with E-state index in [1.54, 1.807) is 36.4 Å². The van der Waals surface area contributed by atoms with Gasteiger partial charge in [-0.3, -0.25) is 9.59 Å². The molecule has 6 heteroatoms. The van der Waals surface area contributed by atoms with Gasteiger partial charge in [0.1, 0.15) is 11.5 Å². The zero-order valence-corrected chi connectivity index (χ0v) is 19.5. The summed E-state index contributed by atoms with van der Waals surface area (Å²) < 4.78 is 11.5. The highest BCUT2D eigenvalue weighted by Gasteiger charge is 2.17. The maximum atomic E-state index is 12.8. The molecule has 3 aromatic rings. The number of hydrogen-bond donors (Lipinski definition) is 2. The van der Waals surface area contributed by atoms with Crippen molar-refractivity contribution in [2.75, 3.05) is 23.8 Å². The average Bonchev–Trinajstić information content (AvgIpc) is 2.79. The number of aryl methyl sites for hydroxylation is 2. The van der Waals surface area contributed by atoms with E-state index in [2.05, 4.69) is 10.6 Å². The molecule has 0 aliphatic rings. The summed E-state index contributed by atoms with van der Waals surface area (Å²) >= 11 is 0. The van der Waals surface area contributed by atoms with Gasteiger partial charge in [-0.25, -0.2) is 0 Å². The Morgan fingerprint density at radius 2 is 1.39 bits per heavy atom. The fourth-order valence-electron chi connectivity index (χ4n) is 3.45. The largest absolute Gasteiger partial charge is 0.492 e. The van der Waals surface area contributed by atoms with Gasteiger partial charge in [-0.1, -0.05) is 42.0 Å². The first-order chi connectivity index (χ1) is 15.9. The number of benzene rings is 3. The Kier molecular flexibility index (Phi) is 8.08. The SMILES string of the molecule is CCOc1cc(NC(=O)c2ccccc2)c(OCC)cc1NC(=O)Cc1cc(C)ccc1C. The predicted octanol–water partition coefficient (Wildman–Crippen LogP) is 5.53. The van der Waals surface area contributed by atoms with E-state index in [9.17, 15) is 9.59 Å². The Morgan fingerprint density at radius 3 is 2.00 bits per heavy atom. The third kappa shape index (κ3) is 6.35. The average molecular weight is 447 g/mol. The van der Waals surface area contributed by atoms with Crippen molar-refractivity contribution in [1.29, 1.82) is 0 Å². The molecule has 0 aliphatic carbocycles. The maximum absolute atomic E-state index is 12.8. The van der Waals surface area contributed by atoms with Crippen LogP contribution in [0, 0.1) is 13.8 Å². The van der Waals surface area contributed by atoms with Gasteiger partial charge in [-0.2, -0.15) is 0 Å². The van der Waals surface area contributed by atoms with Crippen LogP contribution in [0.4, 0.5) is 11.4 Å². The lowest BCUT2D eigenvalue weighted by Gasteiger charge is -2.18. The minimum atomic E-state index is -0.259. The molecule has 3 aromatic carbocycles. The quantitative estimate of drug-likeness (QED) is 0.453. The summed E-state index contributed by atoms with van der Waals surface area (Å²) in [5.41, 5.74) is 4.64. The number of carbonyl (C=O) groups is 2. The van der Waals surface area contributed by atoms with Crippen molar-refractivity contribution < 1.29 is 19.1 Å². The van der Waals surface area contributed by atoms with Crippen LogP contribution in [0.5, 0.6) is 11.5 Å². The van der Waals surface area contributed by atoms with E-state index >= 15 is 0 Å². The molecule has 0 aliphatic heterocycles. The molecule has 0 aromatic heterocycles. The molecule has 0 atom stereocenters. The number of hydrogen-bond acceptors (Lipinski definition) is 4. The lowest BCUT2D eigenvalue weighted by molar-refractivity contribution is -0.115. The summed E-state index contributed by atoms with van der Waals surface area (Å²) in [6.45, 7) is 8.52. The van der Waals surface area contributed by atoms with Crippen LogP contribution in [0.25, 0.3) is 0 Å². The Balaban J connectivity index is 1.87. The molecule has 2 N–H and O–H groups in total. The highest BCUT2D eigenvalue weighted by Crippen LogP contribution is 2.37. The van der Waals surface area contributed by atoms with Crippen LogP contribution in [0.1, 0.15) is 40.9 Å². The first-order valence-electron chi connectivity index (χ1n) is 11.1. The van der Waals surface area contributed by atoms with Gasteiger partial charge in [0.05, 0.1) is 31.0 Å². The molecule has 3 rings (SSSR count). The molecule has 6 nitrogen and oxygen atoms in total. The van der Waals surface area contributed by atoms with Crippen LogP contribution in [-0.4, -0.2) is 25.0 Å². The van der Waals surface area contributed by atoms with Crippen molar-refractivity contribution >= 4 is 23.2 Å². The van der Waals surface area contributed by atoms with Gasteiger partial charge in [0, 0.05) is 17.7 Å². The van der Waals surface area contributed by atoms with Gasteiger partial charge in [0.25, 0.3) is 5.91 Å². The topological polar surface area (TPSA) is 76.7 Å². The van der Waals surface area contributed by atoms with Crippen LogP contribution >= 0.6 is 0 Å². The van der Waals surface area contributed by atoms with Crippen LogP contribution in [-0.2, 0) is 11.2 Å². The molecule has 0 saturated carbocycles. The maximum Gasteiger partial charge on any atom is 0.255 e. The number of rotatable bonds is 9. The molecular formula is C27H30N2O4. The highest BCUT2D eigenvalue weighted by molar-refractivity contribution is 6.05. The minimum Gasteiger partial charge on any atom is -0.492 e. The van der Waals surface area contributed by atoms with Gasteiger partial charge in [0.15, 0.2) is 0 Å². The van der Waals surface area contributed by atoms with E-state index in [0.717, 1.165) is 16.7 Å². The highest BCUT2D eigenvalue weighted by atomic mass is 16.5. The molecule has 0 unspecified atom stereocenters. The summed E-state index contributed by atoms with van der Waals surface area (Å²) in [5, 5.41) is 5.83. The second-order valence-electron chi connectivity index (χ2n) is 7.69. The van der Waals surface area contributed by atoms with E-state index in [-0.39, 0.29) is 18.2 Å². The number of ether oxygens (including phenoxy) is 2. The second-order valence-corrected chi connectivity index (χ2v) is 7.69. The van der Waals surface area contributed by atoms with Crippen molar-refractivity contribution in [2.24, 2.45) is 0 Å². The van der Waals surface area contributed by atoms with E-state index in [1.165, 1.54) is 0 Å². The predicted molar refractivity (Wildman–Crippen MR) is 131 cm³/mol. The monoisotopic (exact) mass is 446 g/mol. The first kappa shape index (κ1) is 23.9. The fourth-order valence-corrected chi connectivity index (χ4v) is 3.45. The first-order valence-corrected chi connectivity index (χ1v) is 11.1. The zero-order chi connectivity index (χ0) is 23.8. The number of nitrogens with one attached hydrogen (secondary N) is 2. The molecule has 2 amide bonds. The number of carbonyl (C=O) groups excluding carboxylic acids is 2. The molecule has 172 valence electrons. The second kappa shape index (κ2) is 11.2. The molecule has 0 radical (unpaired) electrons. The van der Waals surface area contributed by atoms with Gasteiger partial charge in [-0.15, -0.1) is 0 Å². The van der Waals surface area contributed by atoms with Gasteiger partial charge >= 0.3 is 0 Å². The lowest BCUT2D eigenvalue weighted by Crippen LogP contribution is -2.17. The molecule has 33 heavy (non-hydrogen) atoms. The normalized spacial score (nSPS) is 10.4. The van der Waals surface area contributed by atoms with Crippen molar-refractivity contribution in [1.82, 2.24) is 0 Å². The molecule has 0 heterocycles. The molecule has 0 bridgehead atoms. The van der Waals surface area contributed by atoms with Crippen LogP contribution < -0.4 is 20.1 Å². The van der Waals surface area contributed by atoms with E-state index < -0.39 is 0 Å². The van der Waals surface area contributed by atoms with E-state index in [1.807, 2.05) is 52.0 Å². The van der Waals surface area contributed by atoms with Crippen molar-refractivity contribution in [3.8, 4) is 11.5 Å². The van der Waals surface area contributed by atoms with Crippen molar-refractivity contribution in [3.05, 3.63) is 82.9 Å². The number of anilines is 2. The van der Waals surface area contributed by atoms with Crippen LogP contribution in [0.15, 0.2) is 60.7 Å². The van der Waals surface area contributed by atoms with Gasteiger partial charge in [-0.05, 0) is 51.0 Å². The lowest BCUT2D eigenvalue weighted by atomic mass is 10.0. The standard InChI is InChI=1S/C27H30N2O4/c1-5-32-24-17-23(29-27(31)20-10-8-7-9-11-20)25(33-6-2)16-22(24)28-26(30)15-21-14-18(3)12-13-19(21)4/h7-14,16-17H,5-6,15H2,1-4H3,(H,28,30)(H,29,31). The van der Waals surface area contributed by atoms with Crippen molar-refractivity contribution in [2.45, 2.75) is 34.1 Å².